The van der Waals surface area contributed by atoms with Crippen LogP contribution in [0.5, 0.6) is 0 Å². The third kappa shape index (κ3) is 4.34. The van der Waals surface area contributed by atoms with Crippen molar-refractivity contribution in [3.05, 3.63) is 22.3 Å². The lowest BCUT2D eigenvalue weighted by molar-refractivity contribution is -0.120. The number of aromatic nitrogens is 1. The molecule has 0 bridgehead atoms. The van der Waals surface area contributed by atoms with Crippen molar-refractivity contribution in [3.63, 3.8) is 0 Å². The van der Waals surface area contributed by atoms with Crippen LogP contribution in [0.15, 0.2) is 16.7 Å². The molecule has 1 heterocycles. The number of amides is 1. The maximum Gasteiger partial charge on any atom is 0.239 e. The molecule has 5 heteroatoms. The molecule has 94 valence electrons. The lowest BCUT2D eigenvalue weighted by Crippen LogP contribution is -2.38. The van der Waals surface area contributed by atoms with E-state index in [2.05, 4.69) is 26.2 Å². The van der Waals surface area contributed by atoms with Crippen LogP contribution in [0.3, 0.4) is 0 Å². The van der Waals surface area contributed by atoms with Crippen LogP contribution in [0, 0.1) is 6.92 Å². The number of carbonyl (C=O) groups is 1. The Hall–Kier alpha value is -1.10. The SMILES string of the molecule is Cc1cnc(N(C)CC(=O)NC(C)C)c(Br)c1. The monoisotopic (exact) mass is 299 g/mol. The van der Waals surface area contributed by atoms with Crippen molar-refractivity contribution in [2.45, 2.75) is 26.8 Å². The van der Waals surface area contributed by atoms with Gasteiger partial charge in [-0.2, -0.15) is 0 Å². The van der Waals surface area contributed by atoms with Gasteiger partial charge in [-0.3, -0.25) is 4.79 Å². The zero-order valence-corrected chi connectivity index (χ0v) is 12.2. The first-order valence-corrected chi connectivity index (χ1v) is 6.32. The van der Waals surface area contributed by atoms with E-state index in [0.29, 0.717) is 6.54 Å². The van der Waals surface area contributed by atoms with Crippen LogP contribution in [0.2, 0.25) is 0 Å². The van der Waals surface area contributed by atoms with Gasteiger partial charge in [0.05, 0.1) is 11.0 Å². The summed E-state index contributed by atoms with van der Waals surface area (Å²) in [7, 11) is 1.85. The molecule has 0 fully saturated rings. The van der Waals surface area contributed by atoms with Crippen LogP contribution in [-0.4, -0.2) is 30.5 Å². The summed E-state index contributed by atoms with van der Waals surface area (Å²) in [5.41, 5.74) is 1.08. The average Bonchev–Trinajstić information content (AvgIpc) is 2.15. The molecule has 0 aliphatic carbocycles. The Morgan fingerprint density at radius 2 is 2.24 bits per heavy atom. The van der Waals surface area contributed by atoms with Gasteiger partial charge in [0.25, 0.3) is 0 Å². The fourth-order valence-corrected chi connectivity index (χ4v) is 2.23. The van der Waals surface area contributed by atoms with E-state index in [1.165, 1.54) is 0 Å². The van der Waals surface area contributed by atoms with E-state index in [1.54, 1.807) is 6.20 Å². The molecule has 0 atom stereocenters. The number of nitrogens with zero attached hydrogens (tertiary/aromatic N) is 2. The normalized spacial score (nSPS) is 10.5. The van der Waals surface area contributed by atoms with E-state index in [9.17, 15) is 4.79 Å². The minimum atomic E-state index is -0.00299. The highest BCUT2D eigenvalue weighted by molar-refractivity contribution is 9.10. The second kappa shape index (κ2) is 6.00. The Balaban J connectivity index is 2.69. The second-order valence-electron chi connectivity index (χ2n) is 4.40. The standard InChI is InChI=1S/C12H18BrN3O/c1-8(2)15-11(17)7-16(4)12-10(13)5-9(3)6-14-12/h5-6,8H,7H2,1-4H3,(H,15,17). The number of hydrogen-bond donors (Lipinski definition) is 1. The molecule has 0 radical (unpaired) electrons. The maximum atomic E-state index is 11.6. The van der Waals surface area contributed by atoms with E-state index in [4.69, 9.17) is 0 Å². The van der Waals surface area contributed by atoms with Gasteiger partial charge < -0.3 is 10.2 Å². The molecular formula is C12H18BrN3O. The summed E-state index contributed by atoms with van der Waals surface area (Å²) in [6.07, 6.45) is 1.79. The van der Waals surface area contributed by atoms with E-state index in [-0.39, 0.29) is 11.9 Å². The smallest absolute Gasteiger partial charge is 0.239 e. The number of hydrogen-bond acceptors (Lipinski definition) is 3. The molecule has 1 amide bonds. The molecule has 1 aromatic rings. The van der Waals surface area contributed by atoms with Crippen molar-refractivity contribution in [1.29, 1.82) is 0 Å². The number of rotatable bonds is 4. The molecule has 0 aromatic carbocycles. The first-order chi connectivity index (χ1) is 7.90. The van der Waals surface area contributed by atoms with Gasteiger partial charge in [-0.05, 0) is 48.3 Å². The Morgan fingerprint density at radius 3 is 2.76 bits per heavy atom. The summed E-state index contributed by atoms with van der Waals surface area (Å²) in [5, 5.41) is 2.85. The minimum absolute atomic E-state index is 0.00299. The predicted molar refractivity (Wildman–Crippen MR) is 73.2 cm³/mol. The van der Waals surface area contributed by atoms with Crippen LogP contribution in [0.4, 0.5) is 5.82 Å². The number of likely N-dealkylation sites (N-methyl/N-ethyl adjacent to an activating group) is 1. The van der Waals surface area contributed by atoms with E-state index in [1.807, 2.05) is 38.8 Å². The molecule has 1 rings (SSSR count). The molecule has 0 aliphatic heterocycles. The van der Waals surface area contributed by atoms with Gasteiger partial charge >= 0.3 is 0 Å². The number of halogens is 1. The van der Waals surface area contributed by atoms with Crippen molar-refractivity contribution < 1.29 is 4.79 Å². The Labute approximate surface area is 111 Å². The van der Waals surface area contributed by atoms with Gasteiger partial charge in [0.2, 0.25) is 5.91 Å². The number of aryl methyl sites for hydroxylation is 1. The van der Waals surface area contributed by atoms with Crippen molar-refractivity contribution >= 4 is 27.7 Å². The maximum absolute atomic E-state index is 11.6. The summed E-state index contributed by atoms with van der Waals surface area (Å²) in [6, 6.07) is 2.14. The Morgan fingerprint density at radius 1 is 1.59 bits per heavy atom. The lowest BCUT2D eigenvalue weighted by Gasteiger charge is -2.20. The van der Waals surface area contributed by atoms with Gasteiger partial charge in [-0.25, -0.2) is 4.98 Å². The Bertz CT molecular complexity index is 407. The number of pyridine rings is 1. The van der Waals surface area contributed by atoms with Gasteiger partial charge in [0.1, 0.15) is 5.82 Å². The van der Waals surface area contributed by atoms with Gasteiger partial charge in [0.15, 0.2) is 0 Å². The summed E-state index contributed by atoms with van der Waals surface area (Å²) in [5.74, 6) is 0.770. The second-order valence-corrected chi connectivity index (χ2v) is 5.25. The topological polar surface area (TPSA) is 45.2 Å². The first-order valence-electron chi connectivity index (χ1n) is 5.52. The number of anilines is 1. The number of carbonyl (C=O) groups excluding carboxylic acids is 1. The van der Waals surface area contributed by atoms with Crippen molar-refractivity contribution in [3.8, 4) is 0 Å². The van der Waals surface area contributed by atoms with E-state index >= 15 is 0 Å². The van der Waals surface area contributed by atoms with Crippen LogP contribution in [0.25, 0.3) is 0 Å². The highest BCUT2D eigenvalue weighted by atomic mass is 79.9. The van der Waals surface area contributed by atoms with E-state index in [0.717, 1.165) is 15.9 Å². The predicted octanol–water partition coefficient (Wildman–Crippen LogP) is 2.11. The average molecular weight is 300 g/mol. The molecule has 17 heavy (non-hydrogen) atoms. The van der Waals surface area contributed by atoms with Gasteiger partial charge in [0, 0.05) is 19.3 Å². The summed E-state index contributed by atoms with van der Waals surface area (Å²) in [6.45, 7) is 6.16. The summed E-state index contributed by atoms with van der Waals surface area (Å²) in [4.78, 5) is 17.7. The minimum Gasteiger partial charge on any atom is -0.352 e. The molecule has 0 saturated heterocycles. The van der Waals surface area contributed by atoms with Crippen molar-refractivity contribution in [2.75, 3.05) is 18.5 Å². The lowest BCUT2D eigenvalue weighted by atomic mass is 10.3. The molecular weight excluding hydrogens is 282 g/mol. The largest absolute Gasteiger partial charge is 0.352 e. The molecule has 0 spiro atoms. The fourth-order valence-electron chi connectivity index (χ4n) is 1.47. The summed E-state index contributed by atoms with van der Waals surface area (Å²) >= 11 is 3.45. The zero-order valence-electron chi connectivity index (χ0n) is 10.6. The van der Waals surface area contributed by atoms with Crippen molar-refractivity contribution in [1.82, 2.24) is 10.3 Å². The van der Waals surface area contributed by atoms with E-state index < -0.39 is 0 Å². The van der Waals surface area contributed by atoms with Gasteiger partial charge in [-0.1, -0.05) is 0 Å². The van der Waals surface area contributed by atoms with Crippen LogP contribution < -0.4 is 10.2 Å². The van der Waals surface area contributed by atoms with Crippen molar-refractivity contribution in [2.24, 2.45) is 0 Å². The Kier molecular flexibility index (Phi) is 4.93. The third-order valence-electron chi connectivity index (χ3n) is 2.15. The third-order valence-corrected chi connectivity index (χ3v) is 2.73. The van der Waals surface area contributed by atoms with Crippen LogP contribution in [0.1, 0.15) is 19.4 Å². The molecule has 0 unspecified atom stereocenters. The van der Waals surface area contributed by atoms with Crippen LogP contribution >= 0.6 is 15.9 Å². The molecule has 1 N–H and O–H groups in total. The fraction of sp³-hybridized carbons (Fsp3) is 0.500. The highest BCUT2D eigenvalue weighted by Crippen LogP contribution is 2.23. The molecule has 4 nitrogen and oxygen atoms in total. The molecule has 0 saturated carbocycles. The quantitative estimate of drug-likeness (QED) is 0.926. The zero-order chi connectivity index (χ0) is 13.0. The highest BCUT2D eigenvalue weighted by Gasteiger charge is 2.12. The van der Waals surface area contributed by atoms with Crippen LogP contribution in [-0.2, 0) is 4.79 Å². The first kappa shape index (κ1) is 14.0. The molecule has 0 aliphatic rings. The summed E-state index contributed by atoms with van der Waals surface area (Å²) < 4.78 is 0.900. The molecule has 1 aromatic heterocycles. The van der Waals surface area contributed by atoms with Gasteiger partial charge in [-0.15, -0.1) is 0 Å². The number of nitrogens with one attached hydrogen (secondary N) is 1.